The summed E-state index contributed by atoms with van der Waals surface area (Å²) in [6.45, 7) is 6.19. The van der Waals surface area contributed by atoms with Gasteiger partial charge in [-0.3, -0.25) is 14.9 Å². The molecule has 0 saturated heterocycles. The van der Waals surface area contributed by atoms with Crippen LogP contribution in [0, 0.1) is 17.0 Å². The van der Waals surface area contributed by atoms with Gasteiger partial charge < -0.3 is 14.8 Å². The molecule has 0 aromatic heterocycles. The van der Waals surface area contributed by atoms with E-state index < -0.39 is 10.8 Å². The minimum absolute atomic E-state index is 0.0454. The van der Waals surface area contributed by atoms with E-state index in [4.69, 9.17) is 9.47 Å². The molecule has 1 amide bonds. The third-order valence-electron chi connectivity index (χ3n) is 4.48. The van der Waals surface area contributed by atoms with E-state index in [0.717, 1.165) is 23.3 Å². The molecule has 0 unspecified atom stereocenters. The number of nitrogens with zero attached hydrogens (tertiary/aromatic N) is 1. The van der Waals surface area contributed by atoms with Crippen LogP contribution in [0.3, 0.4) is 0 Å². The number of carbonyl (C=O) groups excluding carboxylic acids is 1. The fraction of sp³-hybridized carbons (Fsp3) is 0.350. The molecule has 2 aromatic rings. The Labute approximate surface area is 157 Å². The second-order valence-electron chi connectivity index (χ2n) is 6.54. The van der Waals surface area contributed by atoms with E-state index in [2.05, 4.69) is 5.32 Å². The molecule has 1 aliphatic heterocycles. The Balaban J connectivity index is 1.83. The van der Waals surface area contributed by atoms with Gasteiger partial charge in [-0.2, -0.15) is 0 Å². The molecule has 0 saturated carbocycles. The Bertz CT molecular complexity index is 894. The Hall–Kier alpha value is -3.09. The number of fused-ring (bicyclic) bond motifs is 1. The molecule has 0 spiro atoms. The highest BCUT2D eigenvalue weighted by molar-refractivity contribution is 5.98. The van der Waals surface area contributed by atoms with E-state index in [1.807, 2.05) is 26.0 Å². The first-order chi connectivity index (χ1) is 12.9. The van der Waals surface area contributed by atoms with Gasteiger partial charge in [0.15, 0.2) is 0 Å². The molecule has 2 aromatic carbocycles. The lowest BCUT2D eigenvalue weighted by molar-refractivity contribution is -0.385. The summed E-state index contributed by atoms with van der Waals surface area (Å²) < 4.78 is 11.5. The number of carbonyl (C=O) groups is 1. The van der Waals surface area contributed by atoms with Crippen molar-refractivity contribution in [1.29, 1.82) is 0 Å². The first-order valence-electron chi connectivity index (χ1n) is 8.88. The number of nitro groups is 1. The first-order valence-corrected chi connectivity index (χ1v) is 8.88. The molecule has 1 N–H and O–H groups in total. The summed E-state index contributed by atoms with van der Waals surface area (Å²) in [6.07, 6.45) is 0.923. The number of hydrogen-bond donors (Lipinski definition) is 1. The van der Waals surface area contributed by atoms with Gasteiger partial charge in [0.2, 0.25) is 0 Å². The number of benzene rings is 2. The summed E-state index contributed by atoms with van der Waals surface area (Å²) in [4.78, 5) is 23.3. The maximum atomic E-state index is 12.6. The van der Waals surface area contributed by atoms with Gasteiger partial charge in [-0.25, -0.2) is 0 Å². The van der Waals surface area contributed by atoms with Crippen LogP contribution in [0.5, 0.6) is 11.5 Å². The number of rotatable bonds is 6. The third kappa shape index (κ3) is 3.86. The second kappa shape index (κ2) is 7.65. The number of amides is 1. The minimum atomic E-state index is -0.527. The molecule has 1 heterocycles. The van der Waals surface area contributed by atoms with Gasteiger partial charge in [-0.1, -0.05) is 12.1 Å². The Morgan fingerprint density at radius 1 is 1.41 bits per heavy atom. The average molecular weight is 370 g/mol. The van der Waals surface area contributed by atoms with Crippen molar-refractivity contribution in [3.63, 3.8) is 0 Å². The zero-order chi connectivity index (χ0) is 19.6. The number of aryl methyl sites for hydroxylation is 1. The minimum Gasteiger partial charge on any atom is -0.494 e. The highest BCUT2D eigenvalue weighted by Crippen LogP contribution is 2.35. The van der Waals surface area contributed by atoms with Gasteiger partial charge in [0.1, 0.15) is 23.2 Å². The van der Waals surface area contributed by atoms with E-state index in [1.165, 1.54) is 6.07 Å². The maximum absolute atomic E-state index is 12.6. The largest absolute Gasteiger partial charge is 0.494 e. The van der Waals surface area contributed by atoms with Crippen molar-refractivity contribution < 1.29 is 19.2 Å². The molecule has 7 nitrogen and oxygen atoms in total. The zero-order valence-electron chi connectivity index (χ0n) is 15.6. The Kier molecular flexibility index (Phi) is 5.30. The van der Waals surface area contributed by atoms with Gasteiger partial charge >= 0.3 is 0 Å². The van der Waals surface area contributed by atoms with Crippen LogP contribution >= 0.6 is 0 Å². The van der Waals surface area contributed by atoms with E-state index in [9.17, 15) is 14.9 Å². The topological polar surface area (TPSA) is 90.7 Å². The van der Waals surface area contributed by atoms with Crippen LogP contribution in [0.2, 0.25) is 0 Å². The van der Waals surface area contributed by atoms with E-state index in [0.29, 0.717) is 17.9 Å². The molecular formula is C20H22N2O5. The van der Waals surface area contributed by atoms with Gasteiger partial charge in [0, 0.05) is 29.7 Å². The molecular weight excluding hydrogens is 348 g/mol. The summed E-state index contributed by atoms with van der Waals surface area (Å²) in [6, 6.07) is 8.51. The van der Waals surface area contributed by atoms with Crippen LogP contribution in [-0.2, 0) is 13.0 Å². The number of nitrogens with one attached hydrogen (secondary N) is 1. The van der Waals surface area contributed by atoms with Crippen LogP contribution in [0.1, 0.15) is 40.9 Å². The molecule has 27 heavy (non-hydrogen) atoms. The van der Waals surface area contributed by atoms with Crippen molar-refractivity contribution in [2.45, 2.75) is 39.8 Å². The monoisotopic (exact) mass is 370 g/mol. The fourth-order valence-electron chi connectivity index (χ4n) is 3.26. The molecule has 1 aliphatic rings. The van der Waals surface area contributed by atoms with Gasteiger partial charge in [0.25, 0.3) is 11.6 Å². The molecule has 0 radical (unpaired) electrons. The van der Waals surface area contributed by atoms with Crippen molar-refractivity contribution in [3.8, 4) is 11.5 Å². The maximum Gasteiger partial charge on any atom is 0.285 e. The molecule has 0 bridgehead atoms. The molecule has 0 aliphatic carbocycles. The Morgan fingerprint density at radius 3 is 2.89 bits per heavy atom. The lowest BCUT2D eigenvalue weighted by Gasteiger charge is -2.13. The highest BCUT2D eigenvalue weighted by Gasteiger charge is 2.24. The predicted octanol–water partition coefficient (Wildman–Crippen LogP) is 3.56. The lowest BCUT2D eigenvalue weighted by Crippen LogP contribution is -2.24. The lowest BCUT2D eigenvalue weighted by atomic mass is 10.1. The van der Waals surface area contributed by atoms with Crippen LogP contribution in [-0.4, -0.2) is 23.5 Å². The van der Waals surface area contributed by atoms with Gasteiger partial charge in [-0.05, 0) is 39.0 Å². The van der Waals surface area contributed by atoms with Crippen molar-refractivity contribution in [2.75, 3.05) is 6.61 Å². The molecule has 1 atom stereocenters. The van der Waals surface area contributed by atoms with E-state index >= 15 is 0 Å². The van der Waals surface area contributed by atoms with Crippen LogP contribution < -0.4 is 14.8 Å². The average Bonchev–Trinajstić information content (AvgIpc) is 2.98. The Morgan fingerprint density at radius 2 is 2.19 bits per heavy atom. The molecule has 3 rings (SSSR count). The summed E-state index contributed by atoms with van der Waals surface area (Å²) >= 11 is 0. The SMILES string of the molecule is CCOc1cc2c(cc1CNC(=O)c1cccc(C)c1[N+](=O)[O-])O[C@H](C)C2. The van der Waals surface area contributed by atoms with Crippen LogP contribution in [0.25, 0.3) is 0 Å². The quantitative estimate of drug-likeness (QED) is 0.620. The smallest absolute Gasteiger partial charge is 0.285 e. The number of hydrogen-bond acceptors (Lipinski definition) is 5. The highest BCUT2D eigenvalue weighted by atomic mass is 16.6. The summed E-state index contributed by atoms with van der Waals surface area (Å²) in [7, 11) is 0. The molecule has 142 valence electrons. The van der Waals surface area contributed by atoms with E-state index in [-0.39, 0.29) is 23.9 Å². The fourth-order valence-corrected chi connectivity index (χ4v) is 3.26. The molecule has 7 heteroatoms. The van der Waals surface area contributed by atoms with Crippen molar-refractivity contribution >= 4 is 11.6 Å². The van der Waals surface area contributed by atoms with Gasteiger partial charge in [-0.15, -0.1) is 0 Å². The second-order valence-corrected chi connectivity index (χ2v) is 6.54. The predicted molar refractivity (Wildman–Crippen MR) is 100 cm³/mol. The summed E-state index contributed by atoms with van der Waals surface area (Å²) in [5, 5.41) is 14.1. The zero-order valence-corrected chi connectivity index (χ0v) is 15.6. The van der Waals surface area contributed by atoms with Crippen molar-refractivity contribution in [2.24, 2.45) is 0 Å². The molecule has 0 fully saturated rings. The van der Waals surface area contributed by atoms with E-state index in [1.54, 1.807) is 19.1 Å². The van der Waals surface area contributed by atoms with Crippen LogP contribution in [0.15, 0.2) is 30.3 Å². The number of ether oxygens (including phenoxy) is 2. The summed E-state index contributed by atoms with van der Waals surface area (Å²) in [5.74, 6) is 0.979. The van der Waals surface area contributed by atoms with Crippen molar-refractivity contribution in [3.05, 3.63) is 62.7 Å². The third-order valence-corrected chi connectivity index (χ3v) is 4.48. The van der Waals surface area contributed by atoms with Crippen molar-refractivity contribution in [1.82, 2.24) is 5.32 Å². The number of nitro benzene ring substituents is 1. The van der Waals surface area contributed by atoms with Crippen LogP contribution in [0.4, 0.5) is 5.69 Å². The first kappa shape index (κ1) is 18.7. The normalized spacial score (nSPS) is 15.0. The summed E-state index contributed by atoms with van der Waals surface area (Å²) in [5.41, 5.74) is 2.17. The van der Waals surface area contributed by atoms with Gasteiger partial charge in [0.05, 0.1) is 11.5 Å². The standard InChI is InChI=1S/C20H22N2O5/c1-4-26-17-9-14-8-13(3)27-18(14)10-15(17)11-21-20(23)16-7-5-6-12(2)19(16)22(24)25/h5-7,9-10,13H,4,8,11H2,1-3H3,(H,21,23)/t13-/m1/s1. The number of para-hydroxylation sites is 1.